The molecule has 1 fully saturated rings. The molecule has 2 rings (SSSR count). The molecule has 0 atom stereocenters. The van der Waals surface area contributed by atoms with Crippen molar-refractivity contribution in [2.75, 3.05) is 52.3 Å². The van der Waals surface area contributed by atoms with Crippen molar-refractivity contribution < 1.29 is 27.4 Å². The largest absolute Gasteiger partial charge is 0.493 e. The standard InChI is InChI=1S/C20H32N2O6S/c1-3-4-5-6-12-28-18-8-7-17(16-19(18)26-2)20(23)21-9-15-29(24,25)22-10-13-27-14-11-22/h7-8,16H,3-6,9-15H2,1-2H3,(H,21,23). The van der Waals surface area contributed by atoms with Crippen molar-refractivity contribution in [2.24, 2.45) is 0 Å². The first-order chi connectivity index (χ1) is 14.0. The number of hydrogen-bond acceptors (Lipinski definition) is 6. The van der Waals surface area contributed by atoms with E-state index in [-0.39, 0.29) is 18.2 Å². The Labute approximate surface area is 173 Å². The summed E-state index contributed by atoms with van der Waals surface area (Å²) < 4.78 is 42.3. The monoisotopic (exact) mass is 428 g/mol. The van der Waals surface area contributed by atoms with Crippen LogP contribution in [0.2, 0.25) is 0 Å². The summed E-state index contributed by atoms with van der Waals surface area (Å²) in [5, 5.41) is 2.66. The first-order valence-electron chi connectivity index (χ1n) is 10.1. The zero-order valence-electron chi connectivity index (χ0n) is 17.3. The minimum absolute atomic E-state index is 0.0382. The van der Waals surface area contributed by atoms with E-state index in [0.29, 0.717) is 50.0 Å². The van der Waals surface area contributed by atoms with Crippen molar-refractivity contribution in [3.8, 4) is 11.5 Å². The number of hydrogen-bond donors (Lipinski definition) is 1. The Kier molecular flexibility index (Phi) is 9.69. The number of carbonyl (C=O) groups excluding carboxylic acids is 1. The number of nitrogens with zero attached hydrogens (tertiary/aromatic N) is 1. The molecule has 29 heavy (non-hydrogen) atoms. The van der Waals surface area contributed by atoms with Gasteiger partial charge in [0.25, 0.3) is 5.91 Å². The van der Waals surface area contributed by atoms with Gasteiger partial charge in [-0.1, -0.05) is 26.2 Å². The number of unbranched alkanes of at least 4 members (excludes halogenated alkanes) is 3. The number of amides is 1. The molecule has 1 aromatic rings. The van der Waals surface area contributed by atoms with E-state index in [2.05, 4.69) is 12.2 Å². The number of carbonyl (C=O) groups is 1. The first-order valence-corrected chi connectivity index (χ1v) is 11.7. The van der Waals surface area contributed by atoms with E-state index < -0.39 is 10.0 Å². The predicted molar refractivity (Wildman–Crippen MR) is 111 cm³/mol. The minimum atomic E-state index is -3.40. The Morgan fingerprint density at radius 1 is 1.17 bits per heavy atom. The van der Waals surface area contributed by atoms with E-state index in [9.17, 15) is 13.2 Å². The molecule has 1 aromatic carbocycles. The van der Waals surface area contributed by atoms with E-state index in [4.69, 9.17) is 14.2 Å². The number of nitrogens with one attached hydrogen (secondary N) is 1. The molecule has 9 heteroatoms. The van der Waals surface area contributed by atoms with Crippen LogP contribution >= 0.6 is 0 Å². The fraction of sp³-hybridized carbons (Fsp3) is 0.650. The van der Waals surface area contributed by atoms with Gasteiger partial charge in [0.2, 0.25) is 10.0 Å². The summed E-state index contributed by atoms with van der Waals surface area (Å²) in [7, 11) is -1.88. The molecule has 1 aliphatic rings. The summed E-state index contributed by atoms with van der Waals surface area (Å²) in [6, 6.07) is 4.96. The molecule has 0 unspecified atom stereocenters. The van der Waals surface area contributed by atoms with Gasteiger partial charge in [-0.2, -0.15) is 4.31 Å². The second-order valence-corrected chi connectivity index (χ2v) is 8.95. The summed E-state index contributed by atoms with van der Waals surface area (Å²) in [5.74, 6) is 0.578. The number of ether oxygens (including phenoxy) is 3. The second kappa shape index (κ2) is 12.0. The lowest BCUT2D eigenvalue weighted by atomic mass is 10.2. The van der Waals surface area contributed by atoms with E-state index in [1.807, 2.05) is 0 Å². The van der Waals surface area contributed by atoms with Crippen LogP contribution in [0.5, 0.6) is 11.5 Å². The normalized spacial score (nSPS) is 15.1. The zero-order chi connectivity index (χ0) is 21.1. The lowest BCUT2D eigenvalue weighted by Gasteiger charge is -2.26. The van der Waals surface area contributed by atoms with Crippen molar-refractivity contribution in [1.29, 1.82) is 0 Å². The number of morpholine rings is 1. The average Bonchev–Trinajstić information content (AvgIpc) is 2.74. The van der Waals surface area contributed by atoms with Gasteiger partial charge in [-0.05, 0) is 24.6 Å². The van der Waals surface area contributed by atoms with Crippen LogP contribution < -0.4 is 14.8 Å². The first kappa shape index (κ1) is 23.4. The predicted octanol–water partition coefficient (Wildman–Crippen LogP) is 2.05. The molecule has 164 valence electrons. The fourth-order valence-corrected chi connectivity index (χ4v) is 4.31. The van der Waals surface area contributed by atoms with Crippen molar-refractivity contribution >= 4 is 15.9 Å². The molecule has 1 aliphatic heterocycles. The number of rotatable bonds is 12. The van der Waals surface area contributed by atoms with Crippen molar-refractivity contribution in [1.82, 2.24) is 9.62 Å². The summed E-state index contributed by atoms with van der Waals surface area (Å²) in [5.41, 5.74) is 0.393. The van der Waals surface area contributed by atoms with E-state index in [1.165, 1.54) is 24.3 Å². The lowest BCUT2D eigenvalue weighted by Crippen LogP contribution is -2.43. The Morgan fingerprint density at radius 3 is 2.62 bits per heavy atom. The Morgan fingerprint density at radius 2 is 1.93 bits per heavy atom. The highest BCUT2D eigenvalue weighted by Gasteiger charge is 2.24. The van der Waals surface area contributed by atoms with Crippen LogP contribution in [0.1, 0.15) is 43.0 Å². The maximum absolute atomic E-state index is 12.4. The SMILES string of the molecule is CCCCCCOc1ccc(C(=O)NCCS(=O)(=O)N2CCOCC2)cc1OC. The van der Waals surface area contributed by atoms with Gasteiger partial charge in [-0.25, -0.2) is 8.42 Å². The fourth-order valence-electron chi connectivity index (χ4n) is 2.99. The van der Waals surface area contributed by atoms with Crippen LogP contribution in [0.3, 0.4) is 0 Å². The van der Waals surface area contributed by atoms with Crippen molar-refractivity contribution in [3.05, 3.63) is 23.8 Å². The highest BCUT2D eigenvalue weighted by molar-refractivity contribution is 7.89. The third-order valence-electron chi connectivity index (χ3n) is 4.69. The van der Waals surface area contributed by atoms with Gasteiger partial charge in [0.15, 0.2) is 11.5 Å². The van der Waals surface area contributed by atoms with Gasteiger partial charge in [-0.15, -0.1) is 0 Å². The van der Waals surface area contributed by atoms with Crippen LogP contribution in [-0.4, -0.2) is 70.9 Å². The molecule has 0 spiro atoms. The molecule has 1 saturated heterocycles. The highest BCUT2D eigenvalue weighted by Crippen LogP contribution is 2.28. The topological polar surface area (TPSA) is 94.2 Å². The summed E-state index contributed by atoms with van der Waals surface area (Å²) in [4.78, 5) is 12.4. The van der Waals surface area contributed by atoms with Crippen molar-refractivity contribution in [2.45, 2.75) is 32.6 Å². The highest BCUT2D eigenvalue weighted by atomic mass is 32.2. The molecular weight excluding hydrogens is 396 g/mol. The molecule has 0 bridgehead atoms. The molecule has 0 radical (unpaired) electrons. The summed E-state index contributed by atoms with van der Waals surface area (Å²) >= 11 is 0. The van der Waals surface area contributed by atoms with Gasteiger partial charge >= 0.3 is 0 Å². The number of sulfonamides is 1. The van der Waals surface area contributed by atoms with Gasteiger partial charge < -0.3 is 19.5 Å². The molecule has 0 aliphatic carbocycles. The van der Waals surface area contributed by atoms with Crippen LogP contribution in [0, 0.1) is 0 Å². The number of benzene rings is 1. The third-order valence-corrected chi connectivity index (χ3v) is 6.56. The van der Waals surface area contributed by atoms with E-state index in [0.717, 1.165) is 12.8 Å². The zero-order valence-corrected chi connectivity index (χ0v) is 18.1. The average molecular weight is 429 g/mol. The molecule has 0 saturated carbocycles. The van der Waals surface area contributed by atoms with Crippen LogP contribution in [-0.2, 0) is 14.8 Å². The van der Waals surface area contributed by atoms with Gasteiger partial charge in [-0.3, -0.25) is 4.79 Å². The maximum atomic E-state index is 12.4. The van der Waals surface area contributed by atoms with Crippen LogP contribution in [0.25, 0.3) is 0 Å². The second-order valence-electron chi connectivity index (χ2n) is 6.86. The molecule has 1 N–H and O–H groups in total. The Bertz CT molecular complexity index is 747. The van der Waals surface area contributed by atoms with E-state index >= 15 is 0 Å². The summed E-state index contributed by atoms with van der Waals surface area (Å²) in [6.45, 7) is 4.31. The van der Waals surface area contributed by atoms with Crippen molar-refractivity contribution in [3.63, 3.8) is 0 Å². The van der Waals surface area contributed by atoms with Gasteiger partial charge in [0, 0.05) is 25.2 Å². The molecule has 1 amide bonds. The van der Waals surface area contributed by atoms with Gasteiger partial charge in [0.1, 0.15) is 0 Å². The molecule has 1 heterocycles. The molecule has 0 aromatic heterocycles. The van der Waals surface area contributed by atoms with Crippen LogP contribution in [0.15, 0.2) is 18.2 Å². The minimum Gasteiger partial charge on any atom is -0.493 e. The summed E-state index contributed by atoms with van der Waals surface area (Å²) in [6.07, 6.45) is 4.44. The lowest BCUT2D eigenvalue weighted by molar-refractivity contribution is 0.0730. The maximum Gasteiger partial charge on any atom is 0.251 e. The quantitative estimate of drug-likeness (QED) is 0.512. The van der Waals surface area contributed by atoms with Gasteiger partial charge in [0.05, 0.1) is 32.7 Å². The van der Waals surface area contributed by atoms with Crippen LogP contribution in [0.4, 0.5) is 0 Å². The molecule has 8 nitrogen and oxygen atoms in total. The Hall–Kier alpha value is -1.84. The van der Waals surface area contributed by atoms with E-state index in [1.54, 1.807) is 18.2 Å². The smallest absolute Gasteiger partial charge is 0.251 e. The number of methoxy groups -OCH3 is 1. The third kappa shape index (κ3) is 7.49. The molecular formula is C20H32N2O6S. The Balaban J connectivity index is 1.85.